The predicted octanol–water partition coefficient (Wildman–Crippen LogP) is 1.89. The molecule has 0 N–H and O–H groups in total. The molecule has 1 aliphatic rings. The van der Waals surface area contributed by atoms with Crippen LogP contribution >= 0.6 is 0 Å². The first-order valence-electron chi connectivity index (χ1n) is 9.31. The third-order valence-corrected chi connectivity index (χ3v) is 4.99. The average Bonchev–Trinajstić information content (AvgIpc) is 3.10. The zero-order valence-electron chi connectivity index (χ0n) is 17.0. The summed E-state index contributed by atoms with van der Waals surface area (Å²) in [4.78, 5) is 50.7. The van der Waals surface area contributed by atoms with Crippen molar-refractivity contribution < 1.29 is 38.1 Å². The van der Waals surface area contributed by atoms with Gasteiger partial charge in [0.2, 0.25) is 0 Å². The van der Waals surface area contributed by atoms with Crippen LogP contribution in [0.4, 0.5) is 0 Å². The van der Waals surface area contributed by atoms with Gasteiger partial charge in [0.05, 0.1) is 26.4 Å². The van der Waals surface area contributed by atoms with Crippen molar-refractivity contribution in [3.8, 4) is 0 Å². The Hall–Kier alpha value is -2.12. The number of hydrogen-bond acceptors (Lipinski definition) is 8. The van der Waals surface area contributed by atoms with E-state index in [-0.39, 0.29) is 32.8 Å². The van der Waals surface area contributed by atoms with E-state index in [2.05, 4.69) is 0 Å². The van der Waals surface area contributed by atoms with E-state index >= 15 is 0 Å². The Kier molecular flexibility index (Phi) is 7.80. The largest absolute Gasteiger partial charge is 0.465 e. The molecule has 8 nitrogen and oxygen atoms in total. The van der Waals surface area contributed by atoms with Crippen molar-refractivity contribution in [1.29, 1.82) is 0 Å². The van der Waals surface area contributed by atoms with Crippen molar-refractivity contribution in [2.75, 3.05) is 26.4 Å². The topological polar surface area (TPSA) is 105 Å². The molecular weight excluding hydrogens is 356 g/mol. The molecule has 0 atom stereocenters. The third-order valence-electron chi connectivity index (χ3n) is 4.99. The molecule has 0 saturated heterocycles. The second-order valence-corrected chi connectivity index (χ2v) is 6.98. The molecule has 0 spiro atoms. The molecule has 27 heavy (non-hydrogen) atoms. The van der Waals surface area contributed by atoms with Gasteiger partial charge in [-0.2, -0.15) is 0 Å². The van der Waals surface area contributed by atoms with Gasteiger partial charge in [0.25, 0.3) is 0 Å². The van der Waals surface area contributed by atoms with E-state index in [1.807, 2.05) is 0 Å². The monoisotopic (exact) mass is 386 g/mol. The molecule has 1 aliphatic carbocycles. The molecule has 0 aromatic rings. The molecule has 0 unspecified atom stereocenters. The van der Waals surface area contributed by atoms with Crippen LogP contribution in [0.2, 0.25) is 0 Å². The van der Waals surface area contributed by atoms with E-state index in [1.165, 1.54) is 0 Å². The first-order valence-corrected chi connectivity index (χ1v) is 9.31. The van der Waals surface area contributed by atoms with E-state index in [4.69, 9.17) is 18.9 Å². The normalized spacial score (nSPS) is 16.6. The number of hydrogen-bond donors (Lipinski definition) is 0. The molecule has 0 aromatic heterocycles. The molecule has 0 amide bonds. The Morgan fingerprint density at radius 3 is 1.04 bits per heavy atom. The number of esters is 4. The summed E-state index contributed by atoms with van der Waals surface area (Å²) >= 11 is 0. The van der Waals surface area contributed by atoms with Gasteiger partial charge in [-0.3, -0.25) is 19.2 Å². The van der Waals surface area contributed by atoms with E-state index in [9.17, 15) is 19.2 Å². The minimum Gasteiger partial charge on any atom is -0.465 e. The van der Waals surface area contributed by atoms with Crippen molar-refractivity contribution >= 4 is 23.9 Å². The Labute approximate surface area is 159 Å². The summed E-state index contributed by atoms with van der Waals surface area (Å²) in [6.07, 6.45) is 0.268. The standard InChI is InChI=1S/C19H30O8/c1-7-24-14(20)12(15(21)25-8-2)19(11-18(19,5)6)13(16(22)26-9-3)17(23)27-10-4/h12-13H,7-11H2,1-6H3. The summed E-state index contributed by atoms with van der Waals surface area (Å²) < 4.78 is 20.3. The zero-order valence-corrected chi connectivity index (χ0v) is 17.0. The van der Waals surface area contributed by atoms with Crippen LogP contribution in [-0.2, 0) is 38.1 Å². The lowest BCUT2D eigenvalue weighted by Crippen LogP contribution is -2.48. The van der Waals surface area contributed by atoms with Gasteiger partial charge >= 0.3 is 23.9 Å². The molecule has 0 bridgehead atoms. The maximum Gasteiger partial charge on any atom is 0.320 e. The third kappa shape index (κ3) is 4.42. The molecule has 154 valence electrons. The molecular formula is C19H30O8. The van der Waals surface area contributed by atoms with Crippen LogP contribution in [0, 0.1) is 22.7 Å². The maximum absolute atomic E-state index is 12.7. The Balaban J connectivity index is 3.51. The second-order valence-electron chi connectivity index (χ2n) is 6.98. The first-order chi connectivity index (χ1) is 12.6. The number of rotatable bonds is 10. The lowest BCUT2D eigenvalue weighted by molar-refractivity contribution is -0.176. The summed E-state index contributed by atoms with van der Waals surface area (Å²) in [6, 6.07) is 0. The van der Waals surface area contributed by atoms with Crippen LogP contribution in [-0.4, -0.2) is 50.3 Å². The molecule has 1 rings (SSSR count). The minimum atomic E-state index is -1.42. The van der Waals surface area contributed by atoms with Crippen LogP contribution < -0.4 is 0 Å². The quantitative estimate of drug-likeness (QED) is 0.318. The number of carbonyl (C=O) groups excluding carboxylic acids is 4. The van der Waals surface area contributed by atoms with E-state index < -0.39 is 46.5 Å². The molecule has 0 aliphatic heterocycles. The minimum absolute atomic E-state index is 0.0503. The highest BCUT2D eigenvalue weighted by atomic mass is 16.6. The van der Waals surface area contributed by atoms with Gasteiger partial charge in [-0.25, -0.2) is 0 Å². The van der Waals surface area contributed by atoms with E-state index in [0.717, 1.165) is 0 Å². The molecule has 8 heteroatoms. The molecule has 0 heterocycles. The van der Waals surface area contributed by atoms with Gasteiger partial charge < -0.3 is 18.9 Å². The lowest BCUT2D eigenvalue weighted by Gasteiger charge is -2.32. The van der Waals surface area contributed by atoms with Crippen LogP contribution in [0.5, 0.6) is 0 Å². The van der Waals surface area contributed by atoms with Crippen molar-refractivity contribution in [3.63, 3.8) is 0 Å². The van der Waals surface area contributed by atoms with E-state index in [1.54, 1.807) is 41.5 Å². The first kappa shape index (κ1) is 22.9. The van der Waals surface area contributed by atoms with Crippen molar-refractivity contribution in [1.82, 2.24) is 0 Å². The van der Waals surface area contributed by atoms with Gasteiger partial charge in [0.15, 0.2) is 11.8 Å². The van der Waals surface area contributed by atoms with Gasteiger partial charge in [-0.15, -0.1) is 0 Å². The highest BCUT2D eigenvalue weighted by molar-refractivity contribution is 6.02. The highest BCUT2D eigenvalue weighted by Gasteiger charge is 2.76. The fourth-order valence-electron chi connectivity index (χ4n) is 3.78. The summed E-state index contributed by atoms with van der Waals surface area (Å²) in [5.41, 5.74) is -2.01. The van der Waals surface area contributed by atoms with Crippen molar-refractivity contribution in [3.05, 3.63) is 0 Å². The molecule has 0 aromatic carbocycles. The second kappa shape index (κ2) is 9.19. The van der Waals surface area contributed by atoms with Crippen LogP contribution in [0.3, 0.4) is 0 Å². The molecule has 1 fully saturated rings. The van der Waals surface area contributed by atoms with Crippen LogP contribution in [0.1, 0.15) is 48.0 Å². The Morgan fingerprint density at radius 2 is 0.889 bits per heavy atom. The molecule has 0 radical (unpaired) electrons. The Morgan fingerprint density at radius 1 is 0.667 bits per heavy atom. The van der Waals surface area contributed by atoms with Crippen LogP contribution in [0.15, 0.2) is 0 Å². The number of ether oxygens (including phenoxy) is 4. The average molecular weight is 386 g/mol. The van der Waals surface area contributed by atoms with Crippen LogP contribution in [0.25, 0.3) is 0 Å². The predicted molar refractivity (Wildman–Crippen MR) is 94.3 cm³/mol. The van der Waals surface area contributed by atoms with Gasteiger partial charge in [-0.1, -0.05) is 13.8 Å². The fourth-order valence-corrected chi connectivity index (χ4v) is 3.78. The highest BCUT2D eigenvalue weighted by Crippen LogP contribution is 2.72. The van der Waals surface area contributed by atoms with Gasteiger partial charge in [0, 0.05) is 5.41 Å². The summed E-state index contributed by atoms with van der Waals surface area (Å²) in [6.45, 7) is 10.2. The SMILES string of the molecule is CCOC(=O)C(C(=O)OCC)C1(C(C(=O)OCC)C(=O)OCC)CC1(C)C. The summed E-state index contributed by atoms with van der Waals surface area (Å²) in [5.74, 6) is -6.13. The zero-order chi connectivity index (χ0) is 20.8. The smallest absolute Gasteiger partial charge is 0.320 e. The van der Waals surface area contributed by atoms with E-state index in [0.29, 0.717) is 0 Å². The fraction of sp³-hybridized carbons (Fsp3) is 0.789. The number of carbonyl (C=O) groups is 4. The summed E-state index contributed by atoms with van der Waals surface area (Å²) in [7, 11) is 0. The van der Waals surface area contributed by atoms with Crippen molar-refractivity contribution in [2.45, 2.75) is 48.0 Å². The lowest BCUT2D eigenvalue weighted by atomic mass is 9.72. The summed E-state index contributed by atoms with van der Waals surface area (Å²) in [5, 5.41) is 0. The Bertz CT molecular complexity index is 504. The maximum atomic E-state index is 12.7. The van der Waals surface area contributed by atoms with Gasteiger partial charge in [-0.05, 0) is 39.5 Å². The molecule has 1 saturated carbocycles. The van der Waals surface area contributed by atoms with Crippen molar-refractivity contribution in [2.24, 2.45) is 22.7 Å². The van der Waals surface area contributed by atoms with Gasteiger partial charge in [0.1, 0.15) is 0 Å².